The van der Waals surface area contributed by atoms with E-state index >= 15 is 0 Å². The second kappa shape index (κ2) is 15.7. The number of aryl methyl sites for hydroxylation is 1. The van der Waals surface area contributed by atoms with Crippen molar-refractivity contribution < 1.29 is 19.1 Å². The Hall–Kier alpha value is -3.08. The van der Waals surface area contributed by atoms with Crippen LogP contribution in [0.1, 0.15) is 74.2 Å². The number of amides is 1. The van der Waals surface area contributed by atoms with Crippen molar-refractivity contribution >= 4 is 11.9 Å². The SMILES string of the molecule is C=CC(=O)NCCCCOc1ccccc1C(=O)Oc1ccc(CCCCCCCC)cc1. The van der Waals surface area contributed by atoms with Gasteiger partial charge in [-0.3, -0.25) is 4.79 Å². The van der Waals surface area contributed by atoms with Crippen LogP contribution in [0.5, 0.6) is 11.5 Å². The third-order valence-electron chi connectivity index (χ3n) is 5.37. The molecule has 0 saturated heterocycles. The van der Waals surface area contributed by atoms with Gasteiger partial charge in [0.05, 0.1) is 6.61 Å². The number of carbonyl (C=O) groups is 2. The van der Waals surface area contributed by atoms with Crippen molar-refractivity contribution in [2.45, 2.75) is 64.7 Å². The van der Waals surface area contributed by atoms with Crippen molar-refractivity contribution in [2.75, 3.05) is 13.2 Å². The Bertz CT molecular complexity index is 860. The fourth-order valence-electron chi connectivity index (χ4n) is 3.45. The Kier molecular flexibility index (Phi) is 12.4. The Labute approximate surface area is 198 Å². The molecule has 0 heterocycles. The maximum atomic E-state index is 12.7. The van der Waals surface area contributed by atoms with Gasteiger partial charge in [0, 0.05) is 6.54 Å². The van der Waals surface area contributed by atoms with Crippen LogP contribution < -0.4 is 14.8 Å². The van der Waals surface area contributed by atoms with Crippen LogP contribution in [0, 0.1) is 0 Å². The highest BCUT2D eigenvalue weighted by molar-refractivity contribution is 5.94. The smallest absolute Gasteiger partial charge is 0.347 e. The van der Waals surface area contributed by atoms with Gasteiger partial charge in [-0.25, -0.2) is 4.79 Å². The largest absolute Gasteiger partial charge is 0.493 e. The van der Waals surface area contributed by atoms with Gasteiger partial charge in [0.2, 0.25) is 5.91 Å². The fourth-order valence-corrected chi connectivity index (χ4v) is 3.45. The molecule has 1 amide bonds. The molecule has 2 aromatic rings. The molecule has 5 nitrogen and oxygen atoms in total. The van der Waals surface area contributed by atoms with E-state index in [9.17, 15) is 9.59 Å². The van der Waals surface area contributed by atoms with E-state index in [1.165, 1.54) is 50.2 Å². The van der Waals surface area contributed by atoms with Crippen LogP contribution in [-0.2, 0) is 11.2 Å². The average Bonchev–Trinajstić information content (AvgIpc) is 2.84. The fraction of sp³-hybridized carbons (Fsp3) is 0.429. The van der Waals surface area contributed by atoms with Gasteiger partial charge in [0.1, 0.15) is 17.1 Å². The summed E-state index contributed by atoms with van der Waals surface area (Å²) in [6.45, 7) is 6.66. The molecule has 33 heavy (non-hydrogen) atoms. The number of hydrogen-bond acceptors (Lipinski definition) is 4. The molecule has 5 heteroatoms. The highest BCUT2D eigenvalue weighted by atomic mass is 16.5. The predicted molar refractivity (Wildman–Crippen MR) is 133 cm³/mol. The predicted octanol–water partition coefficient (Wildman–Crippen LogP) is 6.27. The number of unbranched alkanes of at least 4 members (excludes halogenated alkanes) is 6. The van der Waals surface area contributed by atoms with Gasteiger partial charge in [-0.15, -0.1) is 0 Å². The van der Waals surface area contributed by atoms with Gasteiger partial charge in [-0.2, -0.15) is 0 Å². The van der Waals surface area contributed by atoms with E-state index in [0.717, 1.165) is 19.3 Å². The minimum atomic E-state index is -0.437. The summed E-state index contributed by atoms with van der Waals surface area (Å²) in [6, 6.07) is 14.8. The molecule has 0 spiro atoms. The Morgan fingerprint density at radius 1 is 0.909 bits per heavy atom. The maximum Gasteiger partial charge on any atom is 0.347 e. The summed E-state index contributed by atoms with van der Waals surface area (Å²) in [5, 5.41) is 2.73. The minimum Gasteiger partial charge on any atom is -0.493 e. The number of rotatable bonds is 16. The first-order valence-corrected chi connectivity index (χ1v) is 12.1. The summed E-state index contributed by atoms with van der Waals surface area (Å²) < 4.78 is 11.4. The summed E-state index contributed by atoms with van der Waals surface area (Å²) in [7, 11) is 0. The maximum absolute atomic E-state index is 12.7. The zero-order chi connectivity index (χ0) is 23.7. The second-order valence-corrected chi connectivity index (χ2v) is 8.10. The van der Waals surface area contributed by atoms with Crippen molar-refractivity contribution in [2.24, 2.45) is 0 Å². The van der Waals surface area contributed by atoms with E-state index in [0.29, 0.717) is 30.2 Å². The molecule has 0 atom stereocenters. The van der Waals surface area contributed by atoms with E-state index in [-0.39, 0.29) is 5.91 Å². The third-order valence-corrected chi connectivity index (χ3v) is 5.37. The van der Waals surface area contributed by atoms with E-state index in [4.69, 9.17) is 9.47 Å². The molecule has 0 aromatic heterocycles. The summed E-state index contributed by atoms with van der Waals surface area (Å²) in [4.78, 5) is 23.8. The standard InChI is InChI=1S/C28H37NO4/c1-3-5-6-7-8-9-14-23-17-19-24(20-18-23)33-28(31)25-15-10-11-16-26(25)32-22-13-12-21-29-27(30)4-2/h4,10-11,15-20H,2-3,5-9,12-14,21-22H2,1H3,(H,29,30). The third kappa shape index (κ3) is 10.4. The lowest BCUT2D eigenvalue weighted by Gasteiger charge is -2.11. The van der Waals surface area contributed by atoms with E-state index in [1.807, 2.05) is 30.3 Å². The van der Waals surface area contributed by atoms with E-state index in [2.05, 4.69) is 18.8 Å². The Morgan fingerprint density at radius 2 is 1.64 bits per heavy atom. The number of carbonyl (C=O) groups excluding carboxylic acids is 2. The van der Waals surface area contributed by atoms with Crippen molar-refractivity contribution in [3.8, 4) is 11.5 Å². The van der Waals surface area contributed by atoms with Gasteiger partial charge in [-0.1, -0.05) is 69.9 Å². The first kappa shape index (κ1) is 26.2. The normalized spacial score (nSPS) is 10.5. The summed E-state index contributed by atoms with van der Waals surface area (Å²) in [5.41, 5.74) is 1.66. The van der Waals surface area contributed by atoms with Crippen LogP contribution in [0.15, 0.2) is 61.2 Å². The number of para-hydroxylation sites is 1. The van der Waals surface area contributed by atoms with E-state index in [1.54, 1.807) is 18.2 Å². The molecule has 0 aliphatic heterocycles. The molecule has 0 unspecified atom stereocenters. The second-order valence-electron chi connectivity index (χ2n) is 8.10. The van der Waals surface area contributed by atoms with Crippen LogP contribution >= 0.6 is 0 Å². The van der Waals surface area contributed by atoms with Crippen LogP contribution in [0.3, 0.4) is 0 Å². The zero-order valence-corrected chi connectivity index (χ0v) is 19.8. The number of hydrogen-bond donors (Lipinski definition) is 1. The van der Waals surface area contributed by atoms with Crippen molar-refractivity contribution in [1.29, 1.82) is 0 Å². The lowest BCUT2D eigenvalue weighted by Crippen LogP contribution is -2.22. The van der Waals surface area contributed by atoms with Gasteiger partial charge < -0.3 is 14.8 Å². The summed E-state index contributed by atoms with van der Waals surface area (Å²) in [6.07, 6.45) is 11.5. The molecule has 2 rings (SSSR count). The summed E-state index contributed by atoms with van der Waals surface area (Å²) in [5.74, 6) is 0.406. The van der Waals surface area contributed by atoms with Gasteiger partial charge >= 0.3 is 5.97 Å². The van der Waals surface area contributed by atoms with Gasteiger partial charge in [-0.05, 0) is 61.6 Å². The molecule has 0 bridgehead atoms. The number of esters is 1. The molecule has 2 aromatic carbocycles. The lowest BCUT2D eigenvalue weighted by molar-refractivity contribution is -0.116. The quantitative estimate of drug-likeness (QED) is 0.141. The Balaban J connectivity index is 1.78. The lowest BCUT2D eigenvalue weighted by atomic mass is 10.0. The topological polar surface area (TPSA) is 64.6 Å². The minimum absolute atomic E-state index is 0.181. The van der Waals surface area contributed by atoms with Crippen molar-refractivity contribution in [3.05, 3.63) is 72.3 Å². The molecular weight excluding hydrogens is 414 g/mol. The van der Waals surface area contributed by atoms with Crippen molar-refractivity contribution in [3.63, 3.8) is 0 Å². The van der Waals surface area contributed by atoms with Crippen LogP contribution in [0.4, 0.5) is 0 Å². The van der Waals surface area contributed by atoms with Crippen molar-refractivity contribution in [1.82, 2.24) is 5.32 Å². The highest BCUT2D eigenvalue weighted by Gasteiger charge is 2.14. The van der Waals surface area contributed by atoms with Crippen LogP contribution in [-0.4, -0.2) is 25.0 Å². The molecule has 0 aliphatic rings. The average molecular weight is 452 g/mol. The molecule has 1 N–H and O–H groups in total. The number of ether oxygens (including phenoxy) is 2. The first-order chi connectivity index (χ1) is 16.1. The van der Waals surface area contributed by atoms with Gasteiger partial charge in [0.25, 0.3) is 0 Å². The molecule has 0 aliphatic carbocycles. The molecule has 178 valence electrons. The molecular formula is C28H37NO4. The summed E-state index contributed by atoms with van der Waals surface area (Å²) >= 11 is 0. The Morgan fingerprint density at radius 3 is 2.39 bits per heavy atom. The zero-order valence-electron chi connectivity index (χ0n) is 19.8. The first-order valence-electron chi connectivity index (χ1n) is 12.1. The number of nitrogens with one attached hydrogen (secondary N) is 1. The molecule has 0 radical (unpaired) electrons. The van der Waals surface area contributed by atoms with Gasteiger partial charge in [0.15, 0.2) is 0 Å². The molecule has 0 fully saturated rings. The monoisotopic (exact) mass is 451 g/mol. The van der Waals surface area contributed by atoms with Crippen LogP contribution in [0.25, 0.3) is 0 Å². The highest BCUT2D eigenvalue weighted by Crippen LogP contribution is 2.22. The number of benzene rings is 2. The van der Waals surface area contributed by atoms with E-state index < -0.39 is 5.97 Å². The van der Waals surface area contributed by atoms with Crippen LogP contribution in [0.2, 0.25) is 0 Å². The molecule has 0 saturated carbocycles.